The predicted octanol–water partition coefficient (Wildman–Crippen LogP) is 1.47. The Bertz CT molecular complexity index is 474. The summed E-state index contributed by atoms with van der Waals surface area (Å²) in [6.07, 6.45) is 0.912. The maximum Gasteiger partial charge on any atom is 0.318 e. The molecule has 0 aliphatic carbocycles. The molecule has 3 rings (SSSR count). The molecular weight excluding hydrogens is 266 g/mol. The zero-order chi connectivity index (χ0) is 14.7. The van der Waals surface area contributed by atoms with Crippen molar-refractivity contribution >= 4 is 6.03 Å². The van der Waals surface area contributed by atoms with E-state index in [1.165, 1.54) is 5.56 Å². The van der Waals surface area contributed by atoms with Crippen molar-refractivity contribution in [1.82, 2.24) is 15.1 Å². The van der Waals surface area contributed by atoms with Crippen LogP contribution in [0.3, 0.4) is 0 Å². The lowest BCUT2D eigenvalue weighted by Gasteiger charge is -2.40. The molecule has 5 nitrogen and oxygen atoms in total. The average molecular weight is 289 g/mol. The van der Waals surface area contributed by atoms with Crippen molar-refractivity contribution < 1.29 is 9.53 Å². The Morgan fingerprint density at radius 2 is 2.10 bits per heavy atom. The van der Waals surface area contributed by atoms with Crippen molar-refractivity contribution in [2.45, 2.75) is 18.5 Å². The molecule has 2 aliphatic rings. The molecule has 1 N–H and O–H groups in total. The van der Waals surface area contributed by atoms with E-state index in [2.05, 4.69) is 29.4 Å². The lowest BCUT2D eigenvalue weighted by atomic mass is 10.0. The van der Waals surface area contributed by atoms with Crippen molar-refractivity contribution in [3.05, 3.63) is 35.9 Å². The quantitative estimate of drug-likeness (QED) is 0.897. The van der Waals surface area contributed by atoms with Crippen LogP contribution < -0.4 is 5.32 Å². The first-order valence-electron chi connectivity index (χ1n) is 7.62. The fourth-order valence-corrected chi connectivity index (χ4v) is 3.03. The minimum Gasteiger partial charge on any atom is -0.379 e. The normalized spacial score (nSPS) is 26.8. The molecule has 1 aromatic rings. The molecule has 21 heavy (non-hydrogen) atoms. The van der Waals surface area contributed by atoms with Crippen LogP contribution in [0.15, 0.2) is 30.3 Å². The standard InChI is InChI=1S/C16H23N3O2/c1-18-8-9-19(16(20)17-14-7-10-21-12-14)15(11-18)13-5-3-2-4-6-13/h2-6,14-15H,7-12H2,1H3,(H,17,20). The van der Waals surface area contributed by atoms with E-state index >= 15 is 0 Å². The van der Waals surface area contributed by atoms with Gasteiger partial charge in [0.05, 0.1) is 18.7 Å². The maximum absolute atomic E-state index is 12.6. The van der Waals surface area contributed by atoms with Crippen molar-refractivity contribution in [3.63, 3.8) is 0 Å². The lowest BCUT2D eigenvalue weighted by molar-refractivity contribution is 0.106. The van der Waals surface area contributed by atoms with Gasteiger partial charge in [-0.3, -0.25) is 0 Å². The third kappa shape index (κ3) is 3.36. The molecule has 0 radical (unpaired) electrons. The number of ether oxygens (including phenoxy) is 1. The smallest absolute Gasteiger partial charge is 0.318 e. The van der Waals surface area contributed by atoms with Crippen LogP contribution in [-0.4, -0.2) is 61.8 Å². The Morgan fingerprint density at radius 1 is 1.29 bits per heavy atom. The molecule has 1 aromatic carbocycles. The van der Waals surface area contributed by atoms with Crippen LogP contribution in [0.2, 0.25) is 0 Å². The number of amides is 2. The first kappa shape index (κ1) is 14.4. The molecule has 114 valence electrons. The van der Waals surface area contributed by atoms with E-state index in [0.29, 0.717) is 6.61 Å². The van der Waals surface area contributed by atoms with Crippen LogP contribution in [-0.2, 0) is 4.74 Å². The van der Waals surface area contributed by atoms with Gasteiger partial charge in [0.25, 0.3) is 0 Å². The monoisotopic (exact) mass is 289 g/mol. The number of piperazine rings is 1. The topological polar surface area (TPSA) is 44.8 Å². The van der Waals surface area contributed by atoms with Gasteiger partial charge in [-0.15, -0.1) is 0 Å². The number of hydrogen-bond acceptors (Lipinski definition) is 3. The summed E-state index contributed by atoms with van der Waals surface area (Å²) in [6, 6.07) is 10.6. The number of carbonyl (C=O) groups is 1. The molecule has 2 fully saturated rings. The molecule has 2 unspecified atom stereocenters. The zero-order valence-corrected chi connectivity index (χ0v) is 12.5. The Hall–Kier alpha value is -1.59. The highest BCUT2D eigenvalue weighted by Gasteiger charge is 2.31. The summed E-state index contributed by atoms with van der Waals surface area (Å²) in [6.45, 7) is 3.93. The number of benzene rings is 1. The fraction of sp³-hybridized carbons (Fsp3) is 0.562. The van der Waals surface area contributed by atoms with Gasteiger partial charge in [0.15, 0.2) is 0 Å². The summed E-state index contributed by atoms with van der Waals surface area (Å²) in [4.78, 5) is 16.8. The first-order valence-corrected chi connectivity index (χ1v) is 7.62. The molecule has 2 aliphatic heterocycles. The number of rotatable bonds is 2. The van der Waals surface area contributed by atoms with E-state index in [0.717, 1.165) is 32.7 Å². The Labute approximate surface area is 125 Å². The van der Waals surface area contributed by atoms with E-state index in [4.69, 9.17) is 4.74 Å². The predicted molar refractivity (Wildman–Crippen MR) is 81.1 cm³/mol. The maximum atomic E-state index is 12.6. The van der Waals surface area contributed by atoms with Gasteiger partial charge in [-0.1, -0.05) is 30.3 Å². The third-order valence-corrected chi connectivity index (χ3v) is 4.29. The van der Waals surface area contributed by atoms with Gasteiger partial charge in [0.1, 0.15) is 0 Å². The molecule has 0 spiro atoms. The minimum atomic E-state index is 0.0347. The highest BCUT2D eigenvalue weighted by atomic mass is 16.5. The molecule has 2 heterocycles. The van der Waals surface area contributed by atoms with Crippen molar-refractivity contribution in [3.8, 4) is 0 Å². The number of nitrogens with zero attached hydrogens (tertiary/aromatic N) is 2. The fourth-order valence-electron chi connectivity index (χ4n) is 3.03. The van der Waals surface area contributed by atoms with Gasteiger partial charge in [0, 0.05) is 26.2 Å². The number of likely N-dealkylation sites (N-methyl/N-ethyl adjacent to an activating group) is 1. The molecular formula is C16H23N3O2. The highest BCUT2D eigenvalue weighted by molar-refractivity contribution is 5.75. The van der Waals surface area contributed by atoms with Crippen molar-refractivity contribution in [1.29, 1.82) is 0 Å². The van der Waals surface area contributed by atoms with Gasteiger partial charge >= 0.3 is 6.03 Å². The van der Waals surface area contributed by atoms with E-state index in [9.17, 15) is 4.79 Å². The number of carbonyl (C=O) groups excluding carboxylic acids is 1. The summed E-state index contributed by atoms with van der Waals surface area (Å²) < 4.78 is 5.33. The third-order valence-electron chi connectivity index (χ3n) is 4.29. The van der Waals surface area contributed by atoms with E-state index in [-0.39, 0.29) is 18.1 Å². The molecule has 5 heteroatoms. The summed E-state index contributed by atoms with van der Waals surface area (Å²) in [7, 11) is 2.11. The van der Waals surface area contributed by atoms with E-state index in [1.54, 1.807) is 0 Å². The SMILES string of the molecule is CN1CCN(C(=O)NC2CCOC2)C(c2ccccc2)C1. The summed E-state index contributed by atoms with van der Waals surface area (Å²) in [5.74, 6) is 0. The van der Waals surface area contributed by atoms with Crippen molar-refractivity contribution in [2.75, 3.05) is 39.9 Å². The second kappa shape index (κ2) is 6.45. The minimum absolute atomic E-state index is 0.0347. The summed E-state index contributed by atoms with van der Waals surface area (Å²) >= 11 is 0. The van der Waals surface area contributed by atoms with Gasteiger partial charge in [-0.2, -0.15) is 0 Å². The molecule has 2 atom stereocenters. The number of nitrogens with one attached hydrogen (secondary N) is 1. The van der Waals surface area contributed by atoms with Gasteiger partial charge in [-0.25, -0.2) is 4.79 Å². The summed E-state index contributed by atoms with van der Waals surface area (Å²) in [5, 5.41) is 3.11. The summed E-state index contributed by atoms with van der Waals surface area (Å²) in [5.41, 5.74) is 1.20. The highest BCUT2D eigenvalue weighted by Crippen LogP contribution is 2.25. The number of hydrogen-bond donors (Lipinski definition) is 1. The molecule has 0 aromatic heterocycles. The Kier molecular flexibility index (Phi) is 4.41. The van der Waals surface area contributed by atoms with Crippen LogP contribution >= 0.6 is 0 Å². The second-order valence-electron chi connectivity index (χ2n) is 5.89. The van der Waals surface area contributed by atoms with Crippen LogP contribution in [0.1, 0.15) is 18.0 Å². The largest absolute Gasteiger partial charge is 0.379 e. The number of urea groups is 1. The zero-order valence-electron chi connectivity index (χ0n) is 12.5. The Balaban J connectivity index is 1.72. The lowest BCUT2D eigenvalue weighted by Crippen LogP contribution is -2.54. The van der Waals surface area contributed by atoms with Crippen LogP contribution in [0, 0.1) is 0 Å². The van der Waals surface area contributed by atoms with E-state index in [1.807, 2.05) is 23.1 Å². The molecule has 2 saturated heterocycles. The van der Waals surface area contributed by atoms with Gasteiger partial charge in [0.2, 0.25) is 0 Å². The van der Waals surface area contributed by atoms with Crippen LogP contribution in [0.5, 0.6) is 0 Å². The van der Waals surface area contributed by atoms with E-state index < -0.39 is 0 Å². The molecule has 0 bridgehead atoms. The van der Waals surface area contributed by atoms with Gasteiger partial charge in [-0.05, 0) is 19.0 Å². The van der Waals surface area contributed by atoms with Crippen molar-refractivity contribution in [2.24, 2.45) is 0 Å². The second-order valence-corrected chi connectivity index (χ2v) is 5.89. The average Bonchev–Trinajstić information content (AvgIpc) is 3.01. The van der Waals surface area contributed by atoms with Crippen LogP contribution in [0.25, 0.3) is 0 Å². The molecule has 2 amide bonds. The first-order chi connectivity index (χ1) is 10.2. The van der Waals surface area contributed by atoms with Gasteiger partial charge < -0.3 is 19.9 Å². The Morgan fingerprint density at radius 3 is 2.81 bits per heavy atom. The molecule has 0 saturated carbocycles. The van der Waals surface area contributed by atoms with Crippen LogP contribution in [0.4, 0.5) is 4.79 Å².